The molecule has 1 aliphatic rings. The Balaban J connectivity index is 1.57. The molecule has 1 amide bonds. The number of rotatable bonds is 8. The monoisotopic (exact) mass is 426 g/mol. The maximum Gasteiger partial charge on any atom is 0.261 e. The molecule has 0 spiro atoms. The molecule has 3 rings (SSSR count). The minimum Gasteiger partial charge on any atom is -0.352 e. The maximum absolute atomic E-state index is 12.5. The largest absolute Gasteiger partial charge is 0.352 e. The fraction of sp³-hybridized carbons (Fsp3) is 0.304. The zero-order valence-corrected chi connectivity index (χ0v) is 17.8. The van der Waals surface area contributed by atoms with Crippen LogP contribution in [0.2, 0.25) is 0 Å². The number of hydrogen-bond donors (Lipinski definition) is 2. The van der Waals surface area contributed by atoms with Gasteiger partial charge in [-0.3, -0.25) is 14.3 Å². The molecule has 0 bridgehead atoms. The number of Topliss-reactive ketones (excluding diaryl/α,β-unsaturated/α-hetero) is 1. The number of anilines is 1. The van der Waals surface area contributed by atoms with Gasteiger partial charge in [0.2, 0.25) is 0 Å². The minimum atomic E-state index is -3.78. The first kappa shape index (κ1) is 21.8. The lowest BCUT2D eigenvalue weighted by atomic mass is 9.97. The molecule has 0 saturated heterocycles. The molecule has 0 radical (unpaired) electrons. The summed E-state index contributed by atoms with van der Waals surface area (Å²) in [6.45, 7) is 2.02. The lowest BCUT2D eigenvalue weighted by molar-refractivity contribution is 0.0953. The van der Waals surface area contributed by atoms with Crippen LogP contribution in [0.4, 0.5) is 5.69 Å². The molecule has 1 aliphatic carbocycles. The summed E-state index contributed by atoms with van der Waals surface area (Å²) < 4.78 is 27.5. The number of allylic oxidation sites excluding steroid dienone is 1. The van der Waals surface area contributed by atoms with E-state index in [1.807, 2.05) is 0 Å². The summed E-state index contributed by atoms with van der Waals surface area (Å²) in [4.78, 5) is 23.7. The molecule has 0 aliphatic heterocycles. The van der Waals surface area contributed by atoms with Gasteiger partial charge in [-0.25, -0.2) is 8.42 Å². The number of carbonyl (C=O) groups is 2. The van der Waals surface area contributed by atoms with Crippen molar-refractivity contribution in [2.45, 2.75) is 43.9 Å². The molecule has 0 aromatic heterocycles. The smallest absolute Gasteiger partial charge is 0.261 e. The third kappa shape index (κ3) is 5.79. The van der Waals surface area contributed by atoms with Gasteiger partial charge < -0.3 is 5.32 Å². The highest BCUT2D eigenvalue weighted by Gasteiger charge is 2.15. The molecule has 2 aromatic rings. The predicted octanol–water partition coefficient (Wildman–Crippen LogP) is 4.31. The van der Waals surface area contributed by atoms with Crippen molar-refractivity contribution in [3.05, 3.63) is 71.3 Å². The van der Waals surface area contributed by atoms with Gasteiger partial charge in [0, 0.05) is 23.4 Å². The van der Waals surface area contributed by atoms with Gasteiger partial charge in [-0.05, 0) is 75.4 Å². The average Bonchev–Trinajstić information content (AvgIpc) is 2.75. The molecule has 2 aromatic carbocycles. The van der Waals surface area contributed by atoms with Gasteiger partial charge in [0.25, 0.3) is 15.9 Å². The molecular weight excluding hydrogens is 400 g/mol. The number of sulfonamides is 1. The van der Waals surface area contributed by atoms with Crippen LogP contribution < -0.4 is 10.0 Å². The lowest BCUT2D eigenvalue weighted by Crippen LogP contribution is -2.24. The Kier molecular flexibility index (Phi) is 7.05. The Morgan fingerprint density at radius 1 is 0.933 bits per heavy atom. The summed E-state index contributed by atoms with van der Waals surface area (Å²) in [6.07, 6.45) is 7.84. The van der Waals surface area contributed by atoms with E-state index in [2.05, 4.69) is 16.1 Å². The molecule has 7 heteroatoms. The third-order valence-electron chi connectivity index (χ3n) is 5.09. The van der Waals surface area contributed by atoms with Crippen LogP contribution in [-0.4, -0.2) is 26.7 Å². The average molecular weight is 427 g/mol. The van der Waals surface area contributed by atoms with E-state index in [9.17, 15) is 18.0 Å². The highest BCUT2D eigenvalue weighted by molar-refractivity contribution is 7.92. The number of carbonyl (C=O) groups excluding carboxylic acids is 2. The fourth-order valence-electron chi connectivity index (χ4n) is 3.34. The van der Waals surface area contributed by atoms with E-state index in [-0.39, 0.29) is 16.6 Å². The number of nitrogens with one attached hydrogen (secondary N) is 2. The second kappa shape index (κ2) is 9.71. The zero-order valence-electron chi connectivity index (χ0n) is 17.0. The molecule has 0 saturated carbocycles. The van der Waals surface area contributed by atoms with Crippen molar-refractivity contribution in [3.8, 4) is 0 Å². The molecule has 158 valence electrons. The topological polar surface area (TPSA) is 92.3 Å². The van der Waals surface area contributed by atoms with Crippen molar-refractivity contribution in [1.29, 1.82) is 0 Å². The Morgan fingerprint density at radius 3 is 2.20 bits per heavy atom. The second-order valence-corrected chi connectivity index (χ2v) is 9.06. The van der Waals surface area contributed by atoms with Crippen molar-refractivity contribution in [1.82, 2.24) is 5.32 Å². The minimum absolute atomic E-state index is 0.0614. The summed E-state index contributed by atoms with van der Waals surface area (Å²) in [6, 6.07) is 12.0. The van der Waals surface area contributed by atoms with Crippen LogP contribution in [0.1, 0.15) is 59.7 Å². The number of benzene rings is 2. The van der Waals surface area contributed by atoms with Crippen LogP contribution in [0.25, 0.3) is 0 Å². The standard InChI is InChI=1S/C23H26N2O4S/c1-17(26)19-9-13-22(14-10-19)30(28,29)25-21-11-7-20(8-12-21)23(27)24-16-15-18-5-3-2-4-6-18/h5,7-14,25H,2-4,6,15-16H2,1H3,(H,24,27). The molecule has 0 heterocycles. The highest BCUT2D eigenvalue weighted by atomic mass is 32.2. The Hall–Kier alpha value is -2.93. The predicted molar refractivity (Wildman–Crippen MR) is 117 cm³/mol. The zero-order chi connectivity index (χ0) is 21.6. The van der Waals surface area contributed by atoms with E-state index < -0.39 is 10.0 Å². The maximum atomic E-state index is 12.5. The van der Waals surface area contributed by atoms with Gasteiger partial charge in [0.15, 0.2) is 5.78 Å². The highest BCUT2D eigenvalue weighted by Crippen LogP contribution is 2.20. The van der Waals surface area contributed by atoms with Gasteiger partial charge in [-0.15, -0.1) is 0 Å². The van der Waals surface area contributed by atoms with E-state index in [0.717, 1.165) is 19.3 Å². The van der Waals surface area contributed by atoms with E-state index in [4.69, 9.17) is 0 Å². The van der Waals surface area contributed by atoms with Crippen molar-refractivity contribution < 1.29 is 18.0 Å². The molecule has 6 nitrogen and oxygen atoms in total. The van der Waals surface area contributed by atoms with Crippen LogP contribution in [0.3, 0.4) is 0 Å². The fourth-order valence-corrected chi connectivity index (χ4v) is 4.40. The van der Waals surface area contributed by atoms with Gasteiger partial charge in [0.05, 0.1) is 4.90 Å². The summed E-state index contributed by atoms with van der Waals surface area (Å²) in [7, 11) is -3.78. The number of hydrogen-bond acceptors (Lipinski definition) is 4. The van der Waals surface area contributed by atoms with Crippen LogP contribution in [0, 0.1) is 0 Å². The van der Waals surface area contributed by atoms with Gasteiger partial charge in [-0.2, -0.15) is 0 Å². The first-order valence-corrected chi connectivity index (χ1v) is 11.5. The Labute approximate surface area is 177 Å². The Morgan fingerprint density at radius 2 is 1.60 bits per heavy atom. The van der Waals surface area contributed by atoms with Crippen molar-refractivity contribution in [2.24, 2.45) is 0 Å². The SMILES string of the molecule is CC(=O)c1ccc(S(=O)(=O)Nc2ccc(C(=O)NCCC3=CCCCC3)cc2)cc1. The molecule has 0 fully saturated rings. The van der Waals surface area contributed by atoms with Crippen LogP contribution in [-0.2, 0) is 10.0 Å². The van der Waals surface area contributed by atoms with Crippen molar-refractivity contribution >= 4 is 27.4 Å². The number of ketones is 1. The summed E-state index contributed by atoms with van der Waals surface area (Å²) in [5.74, 6) is -0.308. The van der Waals surface area contributed by atoms with Gasteiger partial charge in [-0.1, -0.05) is 23.8 Å². The first-order valence-electron chi connectivity index (χ1n) is 10.1. The van der Waals surface area contributed by atoms with Crippen LogP contribution in [0.5, 0.6) is 0 Å². The molecule has 0 atom stereocenters. The summed E-state index contributed by atoms with van der Waals surface area (Å²) in [5.41, 5.74) is 2.68. The quantitative estimate of drug-likeness (QED) is 0.486. The third-order valence-corrected chi connectivity index (χ3v) is 6.48. The van der Waals surface area contributed by atoms with Crippen LogP contribution in [0.15, 0.2) is 65.1 Å². The van der Waals surface area contributed by atoms with E-state index in [0.29, 0.717) is 23.4 Å². The molecule has 0 unspecified atom stereocenters. The number of amides is 1. The van der Waals surface area contributed by atoms with Gasteiger partial charge >= 0.3 is 0 Å². The summed E-state index contributed by atoms with van der Waals surface area (Å²) in [5, 5.41) is 2.91. The van der Waals surface area contributed by atoms with Crippen molar-refractivity contribution in [3.63, 3.8) is 0 Å². The van der Waals surface area contributed by atoms with Crippen molar-refractivity contribution in [2.75, 3.05) is 11.3 Å². The lowest BCUT2D eigenvalue weighted by Gasteiger charge is -2.13. The van der Waals surface area contributed by atoms with E-state index >= 15 is 0 Å². The summed E-state index contributed by atoms with van der Waals surface area (Å²) >= 11 is 0. The normalized spacial score (nSPS) is 14.0. The van der Waals surface area contributed by atoms with Gasteiger partial charge in [0.1, 0.15) is 0 Å². The van der Waals surface area contributed by atoms with E-state index in [1.165, 1.54) is 49.6 Å². The molecule has 30 heavy (non-hydrogen) atoms. The first-order chi connectivity index (χ1) is 14.3. The second-order valence-electron chi connectivity index (χ2n) is 7.38. The molecule has 2 N–H and O–H groups in total. The Bertz CT molecular complexity index is 1040. The molecular formula is C23H26N2O4S. The van der Waals surface area contributed by atoms with E-state index in [1.54, 1.807) is 24.3 Å². The van der Waals surface area contributed by atoms with Crippen LogP contribution >= 0.6 is 0 Å².